The second-order valence-electron chi connectivity index (χ2n) is 7.62. The number of pyridine rings is 1. The van der Waals surface area contributed by atoms with Gasteiger partial charge in [0.15, 0.2) is 0 Å². The summed E-state index contributed by atoms with van der Waals surface area (Å²) in [7, 11) is 0. The molecule has 29 heavy (non-hydrogen) atoms. The second-order valence-corrected chi connectivity index (χ2v) is 8.03. The topological polar surface area (TPSA) is 41.3 Å². The van der Waals surface area contributed by atoms with E-state index < -0.39 is 17.5 Å². The van der Waals surface area contributed by atoms with E-state index in [4.69, 9.17) is 11.6 Å². The summed E-state index contributed by atoms with van der Waals surface area (Å²) < 4.78 is 41.8. The predicted octanol–water partition coefficient (Wildman–Crippen LogP) is 4.74. The van der Waals surface area contributed by atoms with E-state index in [1.54, 1.807) is 12.1 Å². The maximum atomic E-state index is 13.6. The molecule has 0 spiro atoms. The van der Waals surface area contributed by atoms with Crippen LogP contribution in [0.4, 0.5) is 13.2 Å². The van der Waals surface area contributed by atoms with Crippen molar-refractivity contribution in [3.63, 3.8) is 0 Å². The Morgan fingerprint density at radius 2 is 1.83 bits per heavy atom. The molecule has 0 saturated carbocycles. The van der Waals surface area contributed by atoms with E-state index in [1.807, 2.05) is 24.3 Å². The number of benzene rings is 1. The Morgan fingerprint density at radius 1 is 1.10 bits per heavy atom. The van der Waals surface area contributed by atoms with Crippen LogP contribution in [-0.2, 0) is 19.3 Å². The van der Waals surface area contributed by atoms with E-state index in [1.165, 1.54) is 6.20 Å². The van der Waals surface area contributed by atoms with Crippen LogP contribution in [0.5, 0.6) is 0 Å². The van der Waals surface area contributed by atoms with Gasteiger partial charge in [0.2, 0.25) is 0 Å². The highest BCUT2D eigenvalue weighted by atomic mass is 35.5. The first-order valence-corrected chi connectivity index (χ1v) is 9.83. The lowest BCUT2D eigenvalue weighted by molar-refractivity contribution is -0.145. The first-order chi connectivity index (χ1) is 13.8. The zero-order valence-corrected chi connectivity index (χ0v) is 16.4. The SMILES string of the molecule is OC1(Cn2c(C(F)(F)F)cc3cccnc32)CCN(Cc2ccccc2Cl)CC1. The first-order valence-electron chi connectivity index (χ1n) is 9.45. The molecule has 154 valence electrons. The Balaban J connectivity index is 1.52. The van der Waals surface area contributed by atoms with Crippen LogP contribution in [0.1, 0.15) is 24.1 Å². The van der Waals surface area contributed by atoms with Gasteiger partial charge in [0.25, 0.3) is 0 Å². The van der Waals surface area contributed by atoms with Crippen molar-refractivity contribution in [2.75, 3.05) is 13.1 Å². The molecule has 4 nitrogen and oxygen atoms in total. The number of rotatable bonds is 4. The van der Waals surface area contributed by atoms with E-state index in [-0.39, 0.29) is 12.2 Å². The number of aliphatic hydroxyl groups is 1. The molecule has 0 atom stereocenters. The molecule has 0 bridgehead atoms. The fourth-order valence-corrected chi connectivity index (χ4v) is 4.12. The zero-order chi connectivity index (χ0) is 20.6. The van der Waals surface area contributed by atoms with Gasteiger partial charge in [0.1, 0.15) is 11.3 Å². The van der Waals surface area contributed by atoms with Gasteiger partial charge >= 0.3 is 6.18 Å². The molecule has 1 aliphatic heterocycles. The van der Waals surface area contributed by atoms with Crippen molar-refractivity contribution >= 4 is 22.6 Å². The van der Waals surface area contributed by atoms with Gasteiger partial charge in [-0.25, -0.2) is 4.98 Å². The lowest BCUT2D eigenvalue weighted by Crippen LogP contribution is -2.46. The van der Waals surface area contributed by atoms with Crippen molar-refractivity contribution in [2.45, 2.75) is 37.7 Å². The minimum absolute atomic E-state index is 0.137. The van der Waals surface area contributed by atoms with Gasteiger partial charge in [-0.05, 0) is 42.7 Å². The van der Waals surface area contributed by atoms with Crippen LogP contribution < -0.4 is 0 Å². The number of piperidine rings is 1. The van der Waals surface area contributed by atoms with E-state index >= 15 is 0 Å². The van der Waals surface area contributed by atoms with Crippen LogP contribution in [0.25, 0.3) is 11.0 Å². The van der Waals surface area contributed by atoms with Crippen LogP contribution in [0.3, 0.4) is 0 Å². The molecule has 1 fully saturated rings. The summed E-state index contributed by atoms with van der Waals surface area (Å²) in [5.41, 5.74) is -0.759. The van der Waals surface area contributed by atoms with Crippen LogP contribution in [0.2, 0.25) is 5.02 Å². The van der Waals surface area contributed by atoms with Gasteiger partial charge < -0.3 is 9.67 Å². The predicted molar refractivity (Wildman–Crippen MR) is 106 cm³/mol. The third-order valence-corrected chi connectivity index (χ3v) is 5.91. The molecule has 2 aromatic heterocycles. The van der Waals surface area contributed by atoms with E-state index in [0.717, 1.165) is 16.2 Å². The Hall–Kier alpha value is -2.09. The maximum Gasteiger partial charge on any atom is 0.431 e. The number of nitrogens with zero attached hydrogens (tertiary/aromatic N) is 3. The van der Waals surface area contributed by atoms with E-state index in [0.29, 0.717) is 42.9 Å². The van der Waals surface area contributed by atoms with Crippen molar-refractivity contribution in [1.82, 2.24) is 14.5 Å². The fraction of sp³-hybridized carbons (Fsp3) is 0.381. The van der Waals surface area contributed by atoms with E-state index in [2.05, 4.69) is 9.88 Å². The molecule has 1 aromatic carbocycles. The van der Waals surface area contributed by atoms with Gasteiger partial charge in [0, 0.05) is 36.2 Å². The average Bonchev–Trinajstić information content (AvgIpc) is 3.04. The molecule has 3 aromatic rings. The van der Waals surface area contributed by atoms with Gasteiger partial charge in [-0.1, -0.05) is 29.8 Å². The summed E-state index contributed by atoms with van der Waals surface area (Å²) in [4.78, 5) is 6.28. The molecule has 1 saturated heterocycles. The molecule has 1 N–H and O–H groups in total. The van der Waals surface area contributed by atoms with Gasteiger partial charge in [0.05, 0.1) is 12.1 Å². The maximum absolute atomic E-state index is 13.6. The van der Waals surface area contributed by atoms with Gasteiger partial charge in [-0.2, -0.15) is 13.2 Å². The summed E-state index contributed by atoms with van der Waals surface area (Å²) >= 11 is 6.22. The third kappa shape index (κ3) is 4.27. The van der Waals surface area contributed by atoms with Crippen LogP contribution in [-0.4, -0.2) is 38.2 Å². The number of hydrogen-bond donors (Lipinski definition) is 1. The molecule has 4 rings (SSSR count). The van der Waals surface area contributed by atoms with E-state index in [9.17, 15) is 18.3 Å². The van der Waals surface area contributed by atoms with Gasteiger partial charge in [-0.15, -0.1) is 0 Å². The number of fused-ring (bicyclic) bond motifs is 1. The van der Waals surface area contributed by atoms with Crippen LogP contribution in [0, 0.1) is 0 Å². The van der Waals surface area contributed by atoms with Gasteiger partial charge in [-0.3, -0.25) is 4.90 Å². The highest BCUT2D eigenvalue weighted by molar-refractivity contribution is 6.31. The van der Waals surface area contributed by atoms with Crippen molar-refractivity contribution in [3.05, 3.63) is 64.9 Å². The monoisotopic (exact) mass is 423 g/mol. The molecule has 3 heterocycles. The summed E-state index contributed by atoms with van der Waals surface area (Å²) in [6.45, 7) is 1.67. The second kappa shape index (κ2) is 7.63. The summed E-state index contributed by atoms with van der Waals surface area (Å²) in [6, 6.07) is 11.9. The molecular weight excluding hydrogens is 403 g/mol. The Kier molecular flexibility index (Phi) is 5.31. The highest BCUT2D eigenvalue weighted by Gasteiger charge is 2.39. The fourth-order valence-electron chi connectivity index (χ4n) is 3.93. The lowest BCUT2D eigenvalue weighted by atomic mass is 9.91. The quantitative estimate of drug-likeness (QED) is 0.659. The Labute approximate surface area is 171 Å². The van der Waals surface area contributed by atoms with Crippen molar-refractivity contribution in [3.8, 4) is 0 Å². The summed E-state index contributed by atoms with van der Waals surface area (Å²) in [6.07, 6.45) is -2.29. The molecule has 0 radical (unpaired) electrons. The standard InChI is InChI=1S/C21H21ClF3N3O/c22-17-6-2-1-4-16(17)13-27-10-7-20(29,8-11-27)14-28-18(21(23,24)25)12-15-5-3-9-26-19(15)28/h1-6,9,12,29H,7-8,10-11,13-14H2. The lowest BCUT2D eigenvalue weighted by Gasteiger charge is -2.39. The molecule has 0 amide bonds. The Bertz CT molecular complexity index is 1010. The smallest absolute Gasteiger partial charge is 0.388 e. The summed E-state index contributed by atoms with van der Waals surface area (Å²) in [5.74, 6) is 0. The van der Waals surface area contributed by atoms with Crippen LogP contribution in [0.15, 0.2) is 48.7 Å². The molecule has 0 aliphatic carbocycles. The largest absolute Gasteiger partial charge is 0.431 e. The minimum Gasteiger partial charge on any atom is -0.388 e. The van der Waals surface area contributed by atoms with Crippen molar-refractivity contribution in [2.24, 2.45) is 0 Å². The Morgan fingerprint density at radius 3 is 2.52 bits per heavy atom. The first kappa shape index (κ1) is 20.2. The zero-order valence-electron chi connectivity index (χ0n) is 15.7. The average molecular weight is 424 g/mol. The minimum atomic E-state index is -4.51. The number of aromatic nitrogens is 2. The molecule has 8 heteroatoms. The number of halogens is 4. The van der Waals surface area contributed by atoms with Crippen LogP contribution >= 0.6 is 11.6 Å². The highest BCUT2D eigenvalue weighted by Crippen LogP contribution is 2.36. The number of hydrogen-bond acceptors (Lipinski definition) is 3. The van der Waals surface area contributed by atoms with Crippen molar-refractivity contribution < 1.29 is 18.3 Å². The normalized spacial score (nSPS) is 17.7. The summed E-state index contributed by atoms with van der Waals surface area (Å²) in [5, 5.41) is 12.2. The molecule has 0 unspecified atom stereocenters. The number of likely N-dealkylation sites (tertiary alicyclic amines) is 1. The third-order valence-electron chi connectivity index (χ3n) is 5.54. The van der Waals surface area contributed by atoms with Crippen molar-refractivity contribution in [1.29, 1.82) is 0 Å². The molecular formula is C21H21ClF3N3O. The molecule has 1 aliphatic rings. The number of alkyl halides is 3.